The first-order chi connectivity index (χ1) is 5.70. The number of hydrogen-bond donors (Lipinski definition) is 0. The molecule has 72 valence electrons. The first-order valence-electron chi connectivity index (χ1n) is 4.63. The Morgan fingerprint density at radius 3 is 2.50 bits per heavy atom. The molecule has 0 amide bonds. The van der Waals surface area contributed by atoms with Crippen molar-refractivity contribution in [3.63, 3.8) is 0 Å². The first kappa shape index (κ1) is 11.5. The van der Waals surface area contributed by atoms with Gasteiger partial charge in [0.25, 0.3) is 0 Å². The van der Waals surface area contributed by atoms with Crippen molar-refractivity contribution in [3.05, 3.63) is 11.8 Å². The zero-order valence-corrected chi connectivity index (χ0v) is 8.76. The number of hydrogen-bond acceptors (Lipinski definition) is 2. The molecule has 0 N–H and O–H groups in total. The van der Waals surface area contributed by atoms with Crippen molar-refractivity contribution in [2.75, 3.05) is 27.2 Å². The van der Waals surface area contributed by atoms with Gasteiger partial charge in [0.15, 0.2) is 0 Å². The predicted octanol–water partition coefficient (Wildman–Crippen LogP) is 2.27. The summed E-state index contributed by atoms with van der Waals surface area (Å²) in [4.78, 5) is 2.17. The molecule has 0 spiro atoms. The molecule has 0 aliphatic heterocycles. The Balaban J connectivity index is 3.30. The fourth-order valence-electron chi connectivity index (χ4n) is 0.974. The molecule has 0 aliphatic carbocycles. The van der Waals surface area contributed by atoms with Crippen LogP contribution in [-0.4, -0.2) is 32.1 Å². The van der Waals surface area contributed by atoms with E-state index in [0.29, 0.717) is 0 Å². The van der Waals surface area contributed by atoms with Crippen LogP contribution in [0.4, 0.5) is 0 Å². The summed E-state index contributed by atoms with van der Waals surface area (Å²) in [5, 5.41) is 0. The van der Waals surface area contributed by atoms with Crippen LogP contribution in [0.5, 0.6) is 0 Å². The van der Waals surface area contributed by atoms with Gasteiger partial charge in [-0.3, -0.25) is 0 Å². The summed E-state index contributed by atoms with van der Waals surface area (Å²) >= 11 is 0. The van der Waals surface area contributed by atoms with Crippen molar-refractivity contribution in [2.45, 2.75) is 26.7 Å². The molecule has 2 heteroatoms. The molecular formula is C10H21NO. The average molecular weight is 171 g/mol. The number of rotatable bonds is 6. The summed E-state index contributed by atoms with van der Waals surface area (Å²) in [5.41, 5.74) is 0. The quantitative estimate of drug-likeness (QED) is 0.449. The van der Waals surface area contributed by atoms with Crippen molar-refractivity contribution < 1.29 is 4.74 Å². The standard InChI is InChI=1S/C10H21NO/c1-5-10(6-2)12-9-7-8-11(3)4/h5H,6-9H2,1-4H3/b10-5-. The van der Waals surface area contributed by atoms with Gasteiger partial charge in [-0.05, 0) is 33.5 Å². The normalized spacial score (nSPS) is 12.2. The third kappa shape index (κ3) is 6.23. The second-order valence-corrected chi connectivity index (χ2v) is 3.11. The molecule has 12 heavy (non-hydrogen) atoms. The van der Waals surface area contributed by atoms with Crippen LogP contribution in [0, 0.1) is 0 Å². The maximum Gasteiger partial charge on any atom is 0.0914 e. The SMILES string of the molecule is C/C=C(/CC)OCCCN(C)C. The highest BCUT2D eigenvalue weighted by molar-refractivity contribution is 4.88. The fraction of sp³-hybridized carbons (Fsp3) is 0.800. The Bertz CT molecular complexity index is 130. The van der Waals surface area contributed by atoms with E-state index in [-0.39, 0.29) is 0 Å². The molecule has 0 aromatic carbocycles. The minimum atomic E-state index is 0.839. The Hall–Kier alpha value is -0.500. The van der Waals surface area contributed by atoms with E-state index in [0.717, 1.165) is 31.8 Å². The van der Waals surface area contributed by atoms with Crippen molar-refractivity contribution >= 4 is 0 Å². The monoisotopic (exact) mass is 171 g/mol. The van der Waals surface area contributed by atoms with E-state index in [1.807, 2.05) is 13.0 Å². The fourth-order valence-corrected chi connectivity index (χ4v) is 0.974. The smallest absolute Gasteiger partial charge is 0.0914 e. The largest absolute Gasteiger partial charge is 0.498 e. The Morgan fingerprint density at radius 2 is 2.08 bits per heavy atom. The van der Waals surface area contributed by atoms with E-state index in [9.17, 15) is 0 Å². The van der Waals surface area contributed by atoms with Crippen molar-refractivity contribution in [2.24, 2.45) is 0 Å². The Morgan fingerprint density at radius 1 is 1.42 bits per heavy atom. The summed E-state index contributed by atoms with van der Waals surface area (Å²) in [6, 6.07) is 0. The summed E-state index contributed by atoms with van der Waals surface area (Å²) in [7, 11) is 4.16. The second kappa shape index (κ2) is 7.17. The lowest BCUT2D eigenvalue weighted by Crippen LogP contribution is -2.14. The lowest BCUT2D eigenvalue weighted by atomic mass is 10.3. The molecule has 0 bridgehead atoms. The van der Waals surface area contributed by atoms with E-state index in [1.165, 1.54) is 0 Å². The van der Waals surface area contributed by atoms with Gasteiger partial charge in [-0.25, -0.2) is 0 Å². The van der Waals surface area contributed by atoms with E-state index < -0.39 is 0 Å². The van der Waals surface area contributed by atoms with Gasteiger partial charge < -0.3 is 9.64 Å². The molecule has 0 atom stereocenters. The van der Waals surface area contributed by atoms with Crippen LogP contribution < -0.4 is 0 Å². The summed E-state index contributed by atoms with van der Waals surface area (Å²) < 4.78 is 5.53. The van der Waals surface area contributed by atoms with Gasteiger partial charge in [0, 0.05) is 13.0 Å². The van der Waals surface area contributed by atoms with Crippen LogP contribution in [0.25, 0.3) is 0 Å². The van der Waals surface area contributed by atoms with Crippen LogP contribution in [0.3, 0.4) is 0 Å². The van der Waals surface area contributed by atoms with Crippen LogP contribution in [0.15, 0.2) is 11.8 Å². The third-order valence-electron chi connectivity index (χ3n) is 1.71. The highest BCUT2D eigenvalue weighted by Gasteiger charge is 1.93. The van der Waals surface area contributed by atoms with E-state index in [2.05, 4.69) is 25.9 Å². The Labute approximate surface area is 76.2 Å². The zero-order valence-electron chi connectivity index (χ0n) is 8.76. The van der Waals surface area contributed by atoms with Crippen molar-refractivity contribution in [1.29, 1.82) is 0 Å². The molecule has 0 saturated carbocycles. The van der Waals surface area contributed by atoms with Crippen molar-refractivity contribution in [3.8, 4) is 0 Å². The lowest BCUT2D eigenvalue weighted by molar-refractivity contribution is 0.189. The summed E-state index contributed by atoms with van der Waals surface area (Å²) in [6.07, 6.45) is 4.14. The van der Waals surface area contributed by atoms with Gasteiger partial charge in [-0.15, -0.1) is 0 Å². The van der Waals surface area contributed by atoms with Crippen LogP contribution in [0.2, 0.25) is 0 Å². The van der Waals surface area contributed by atoms with Gasteiger partial charge in [0.2, 0.25) is 0 Å². The molecule has 0 rings (SSSR count). The maximum absolute atomic E-state index is 5.53. The maximum atomic E-state index is 5.53. The molecule has 0 saturated heterocycles. The number of allylic oxidation sites excluding steroid dienone is 2. The van der Waals surface area contributed by atoms with Gasteiger partial charge in [0.05, 0.1) is 12.4 Å². The van der Waals surface area contributed by atoms with Gasteiger partial charge in [0.1, 0.15) is 0 Å². The van der Waals surface area contributed by atoms with E-state index in [4.69, 9.17) is 4.74 Å². The van der Waals surface area contributed by atoms with Crippen LogP contribution in [0.1, 0.15) is 26.7 Å². The minimum Gasteiger partial charge on any atom is -0.498 e. The summed E-state index contributed by atoms with van der Waals surface area (Å²) in [6.45, 7) is 6.07. The molecule has 0 radical (unpaired) electrons. The zero-order chi connectivity index (χ0) is 9.40. The predicted molar refractivity (Wildman–Crippen MR) is 53.2 cm³/mol. The van der Waals surface area contributed by atoms with Crippen LogP contribution >= 0.6 is 0 Å². The Kier molecular flexibility index (Phi) is 6.87. The highest BCUT2D eigenvalue weighted by atomic mass is 16.5. The molecule has 0 aliphatic rings. The van der Waals surface area contributed by atoms with Crippen molar-refractivity contribution in [1.82, 2.24) is 4.90 Å². The number of nitrogens with zero attached hydrogens (tertiary/aromatic N) is 1. The van der Waals surface area contributed by atoms with Gasteiger partial charge >= 0.3 is 0 Å². The van der Waals surface area contributed by atoms with Gasteiger partial charge in [-0.1, -0.05) is 6.92 Å². The molecule has 0 unspecified atom stereocenters. The average Bonchev–Trinajstić information content (AvgIpc) is 2.04. The highest BCUT2D eigenvalue weighted by Crippen LogP contribution is 2.02. The topological polar surface area (TPSA) is 12.5 Å². The molecular weight excluding hydrogens is 150 g/mol. The molecule has 2 nitrogen and oxygen atoms in total. The molecule has 0 aromatic heterocycles. The molecule has 0 fully saturated rings. The third-order valence-corrected chi connectivity index (χ3v) is 1.71. The lowest BCUT2D eigenvalue weighted by Gasteiger charge is -2.11. The molecule has 0 aromatic rings. The van der Waals surface area contributed by atoms with Gasteiger partial charge in [-0.2, -0.15) is 0 Å². The minimum absolute atomic E-state index is 0.839. The summed E-state index contributed by atoms with van der Waals surface area (Å²) in [5.74, 6) is 1.11. The first-order valence-corrected chi connectivity index (χ1v) is 4.63. The van der Waals surface area contributed by atoms with Crippen LogP contribution in [-0.2, 0) is 4.74 Å². The number of ether oxygens (including phenoxy) is 1. The molecule has 0 heterocycles. The second-order valence-electron chi connectivity index (χ2n) is 3.11. The van der Waals surface area contributed by atoms with E-state index in [1.54, 1.807) is 0 Å². The van der Waals surface area contributed by atoms with E-state index >= 15 is 0 Å².